The zero-order valence-electron chi connectivity index (χ0n) is 8.33. The number of rotatable bonds is 5. The Morgan fingerprint density at radius 2 is 2.00 bits per heavy atom. The summed E-state index contributed by atoms with van der Waals surface area (Å²) in [6.07, 6.45) is 0.834. The maximum atomic E-state index is 11.0. The minimum atomic E-state index is -0.457. The third-order valence-corrected chi connectivity index (χ3v) is 1.06. The zero-order valence-corrected chi connectivity index (χ0v) is 8.33. The van der Waals surface area contributed by atoms with Crippen LogP contribution in [0.15, 0.2) is 0 Å². The van der Waals surface area contributed by atoms with Crippen molar-refractivity contribution in [3.05, 3.63) is 0 Å². The maximum Gasteiger partial charge on any atom is 0.308 e. The Morgan fingerprint density at radius 1 is 1.38 bits per heavy atom. The molecule has 13 heavy (non-hydrogen) atoms. The third-order valence-electron chi connectivity index (χ3n) is 1.06. The molecule has 0 radical (unpaired) electrons. The van der Waals surface area contributed by atoms with Crippen molar-refractivity contribution >= 4 is 12.3 Å². The van der Waals surface area contributed by atoms with Gasteiger partial charge in [0.15, 0.2) is 0 Å². The summed E-state index contributed by atoms with van der Waals surface area (Å²) in [5, 5.41) is 0. The summed E-state index contributed by atoms with van der Waals surface area (Å²) in [5.41, 5.74) is -0.457. The molecule has 0 aliphatic heterocycles. The van der Waals surface area contributed by atoms with Gasteiger partial charge >= 0.3 is 5.97 Å². The van der Waals surface area contributed by atoms with Crippen LogP contribution >= 0.6 is 0 Å². The molecular formula is C9H16O4. The van der Waals surface area contributed by atoms with Gasteiger partial charge in [-0.1, -0.05) is 0 Å². The van der Waals surface area contributed by atoms with E-state index in [1.165, 1.54) is 0 Å². The number of aldehydes is 1. The van der Waals surface area contributed by atoms with E-state index < -0.39 is 5.60 Å². The first-order chi connectivity index (χ1) is 5.95. The van der Waals surface area contributed by atoms with Gasteiger partial charge in [-0.15, -0.1) is 0 Å². The third kappa shape index (κ3) is 9.01. The molecule has 4 nitrogen and oxygen atoms in total. The number of hydrogen-bond acceptors (Lipinski definition) is 4. The largest absolute Gasteiger partial charge is 0.460 e. The van der Waals surface area contributed by atoms with Crippen molar-refractivity contribution in [2.75, 3.05) is 13.2 Å². The molecule has 0 amide bonds. The van der Waals surface area contributed by atoms with Gasteiger partial charge in [0.2, 0.25) is 0 Å². The first kappa shape index (κ1) is 12.1. The average molecular weight is 188 g/mol. The lowest BCUT2D eigenvalue weighted by Crippen LogP contribution is -2.24. The van der Waals surface area contributed by atoms with E-state index in [-0.39, 0.29) is 25.6 Å². The molecule has 4 heteroatoms. The van der Waals surface area contributed by atoms with E-state index in [0.717, 1.165) is 0 Å². The highest BCUT2D eigenvalue weighted by Crippen LogP contribution is 2.07. The highest BCUT2D eigenvalue weighted by Gasteiger charge is 2.15. The van der Waals surface area contributed by atoms with Crippen LogP contribution in [-0.4, -0.2) is 31.1 Å². The quantitative estimate of drug-likeness (QED) is 0.366. The standard InChI is InChI=1S/C9H16O4/c1-9(2,3)13-8(11)4-6-12-7-5-10/h5H,4,6-7H2,1-3H3. The summed E-state index contributed by atoms with van der Waals surface area (Å²) in [4.78, 5) is 20.9. The summed E-state index contributed by atoms with van der Waals surface area (Å²) in [5.74, 6) is -0.307. The van der Waals surface area contributed by atoms with E-state index in [1.54, 1.807) is 20.8 Å². The fourth-order valence-corrected chi connectivity index (χ4v) is 0.679. The van der Waals surface area contributed by atoms with Crippen molar-refractivity contribution in [1.29, 1.82) is 0 Å². The molecule has 0 aliphatic rings. The van der Waals surface area contributed by atoms with Crippen LogP contribution in [-0.2, 0) is 19.1 Å². The molecule has 0 bridgehead atoms. The van der Waals surface area contributed by atoms with Crippen LogP contribution in [0.4, 0.5) is 0 Å². The minimum absolute atomic E-state index is 0.0306. The summed E-state index contributed by atoms with van der Waals surface area (Å²) in [7, 11) is 0. The molecule has 0 aromatic rings. The topological polar surface area (TPSA) is 52.6 Å². The van der Waals surface area contributed by atoms with Gasteiger partial charge in [0.1, 0.15) is 18.5 Å². The van der Waals surface area contributed by atoms with Gasteiger partial charge in [0, 0.05) is 0 Å². The van der Waals surface area contributed by atoms with Crippen LogP contribution < -0.4 is 0 Å². The van der Waals surface area contributed by atoms with Gasteiger partial charge in [0.25, 0.3) is 0 Å². The molecule has 0 unspecified atom stereocenters. The Hall–Kier alpha value is -0.900. The molecule has 0 saturated carbocycles. The lowest BCUT2D eigenvalue weighted by molar-refractivity contribution is -0.156. The van der Waals surface area contributed by atoms with Gasteiger partial charge in [0.05, 0.1) is 13.0 Å². The molecule has 0 spiro atoms. The molecule has 0 aromatic heterocycles. The summed E-state index contributed by atoms with van der Waals surface area (Å²) >= 11 is 0. The Kier molecular flexibility index (Phi) is 5.30. The van der Waals surface area contributed by atoms with E-state index >= 15 is 0 Å². The average Bonchev–Trinajstić information content (AvgIpc) is 1.94. The van der Waals surface area contributed by atoms with Gasteiger partial charge in [-0.3, -0.25) is 4.79 Å². The van der Waals surface area contributed by atoms with Crippen LogP contribution in [0.2, 0.25) is 0 Å². The molecule has 0 fully saturated rings. The summed E-state index contributed by atoms with van der Waals surface area (Å²) in [6.45, 7) is 5.67. The van der Waals surface area contributed by atoms with E-state index in [2.05, 4.69) is 0 Å². The van der Waals surface area contributed by atoms with Crippen molar-refractivity contribution in [3.63, 3.8) is 0 Å². The smallest absolute Gasteiger partial charge is 0.308 e. The van der Waals surface area contributed by atoms with Gasteiger partial charge in [-0.25, -0.2) is 0 Å². The fraction of sp³-hybridized carbons (Fsp3) is 0.778. The Morgan fingerprint density at radius 3 is 2.46 bits per heavy atom. The minimum Gasteiger partial charge on any atom is -0.460 e. The van der Waals surface area contributed by atoms with E-state index in [9.17, 15) is 9.59 Å². The molecular weight excluding hydrogens is 172 g/mol. The second-order valence-corrected chi connectivity index (χ2v) is 3.58. The number of esters is 1. The molecule has 0 saturated heterocycles. The van der Waals surface area contributed by atoms with E-state index in [0.29, 0.717) is 6.29 Å². The first-order valence-electron chi connectivity index (χ1n) is 4.19. The normalized spacial score (nSPS) is 11.0. The second-order valence-electron chi connectivity index (χ2n) is 3.58. The second kappa shape index (κ2) is 5.70. The molecule has 0 rings (SSSR count). The Bertz CT molecular complexity index is 169. The molecule has 0 heterocycles. The van der Waals surface area contributed by atoms with Crippen LogP contribution in [0, 0.1) is 0 Å². The first-order valence-corrected chi connectivity index (χ1v) is 4.19. The van der Waals surface area contributed by atoms with Crippen LogP contribution in [0.5, 0.6) is 0 Å². The highest BCUT2D eigenvalue weighted by molar-refractivity contribution is 5.69. The van der Waals surface area contributed by atoms with Crippen molar-refractivity contribution in [3.8, 4) is 0 Å². The Labute approximate surface area is 78.2 Å². The fourth-order valence-electron chi connectivity index (χ4n) is 0.679. The summed E-state index contributed by atoms with van der Waals surface area (Å²) in [6, 6.07) is 0. The zero-order chi connectivity index (χ0) is 10.3. The number of carbonyl (C=O) groups is 2. The molecule has 0 aromatic carbocycles. The van der Waals surface area contributed by atoms with Crippen LogP contribution in [0.3, 0.4) is 0 Å². The number of hydrogen-bond donors (Lipinski definition) is 0. The molecule has 0 N–H and O–H groups in total. The molecule has 0 atom stereocenters. The van der Waals surface area contributed by atoms with Crippen molar-refractivity contribution < 1.29 is 19.1 Å². The van der Waals surface area contributed by atoms with Gasteiger partial charge in [-0.05, 0) is 20.8 Å². The van der Waals surface area contributed by atoms with Crippen molar-refractivity contribution in [2.45, 2.75) is 32.8 Å². The lowest BCUT2D eigenvalue weighted by atomic mass is 10.2. The van der Waals surface area contributed by atoms with Crippen LogP contribution in [0.25, 0.3) is 0 Å². The van der Waals surface area contributed by atoms with E-state index in [4.69, 9.17) is 9.47 Å². The summed E-state index contributed by atoms with van der Waals surface area (Å²) < 4.78 is 9.81. The van der Waals surface area contributed by atoms with Crippen molar-refractivity contribution in [2.24, 2.45) is 0 Å². The predicted molar refractivity (Wildman–Crippen MR) is 47.3 cm³/mol. The maximum absolute atomic E-state index is 11.0. The van der Waals surface area contributed by atoms with Gasteiger partial charge < -0.3 is 14.3 Å². The SMILES string of the molecule is CC(C)(C)OC(=O)CCOCC=O. The highest BCUT2D eigenvalue weighted by atomic mass is 16.6. The Balaban J connectivity index is 3.47. The number of ether oxygens (including phenoxy) is 2. The van der Waals surface area contributed by atoms with E-state index in [1.807, 2.05) is 0 Å². The monoisotopic (exact) mass is 188 g/mol. The number of carbonyl (C=O) groups excluding carboxylic acids is 2. The van der Waals surface area contributed by atoms with Gasteiger partial charge in [-0.2, -0.15) is 0 Å². The molecule has 76 valence electrons. The molecule has 0 aliphatic carbocycles. The predicted octanol–water partition coefficient (Wildman–Crippen LogP) is 0.934. The lowest BCUT2D eigenvalue weighted by Gasteiger charge is -2.19. The van der Waals surface area contributed by atoms with Crippen LogP contribution in [0.1, 0.15) is 27.2 Å². The van der Waals surface area contributed by atoms with Crippen molar-refractivity contribution in [1.82, 2.24) is 0 Å².